The molecule has 1 aromatic carbocycles. The average molecular weight is 834 g/mol. The molecule has 1 aromatic heterocycles. The van der Waals surface area contributed by atoms with Crippen LogP contribution in [0.1, 0.15) is 70.9 Å². The molecule has 4 heterocycles. The first-order chi connectivity index (χ1) is 26.5. The van der Waals surface area contributed by atoms with Crippen molar-refractivity contribution in [2.75, 3.05) is 54.4 Å². The fourth-order valence-corrected chi connectivity index (χ4v) is 8.77. The monoisotopic (exact) mass is 833 g/mol. The number of nitrogens with zero attached hydrogens (tertiary/aromatic N) is 7. The highest BCUT2D eigenvalue weighted by Crippen LogP contribution is 2.40. The number of hydrogen-bond donors (Lipinski definition) is 2. The molecule has 3 aliphatic heterocycles. The largest absolute Gasteiger partial charge is 0.417 e. The lowest BCUT2D eigenvalue weighted by atomic mass is 9.89. The van der Waals surface area contributed by atoms with Crippen LogP contribution in [0.25, 0.3) is 0 Å². The van der Waals surface area contributed by atoms with Crippen LogP contribution in [-0.2, 0) is 25.3 Å². The number of alkyl halides is 3. The van der Waals surface area contributed by atoms with Gasteiger partial charge in [-0.3, -0.25) is 39.3 Å². The number of anilines is 3. The number of hydrogen-bond acceptors (Lipinski definition) is 10. The Bertz CT molecular complexity index is 1890. The van der Waals surface area contributed by atoms with Crippen molar-refractivity contribution in [3.8, 4) is 6.07 Å². The Morgan fingerprint density at radius 3 is 2.37 bits per heavy atom. The van der Waals surface area contributed by atoms with Crippen LogP contribution in [0.5, 0.6) is 0 Å². The summed E-state index contributed by atoms with van der Waals surface area (Å²) in [5, 5.41) is 14.5. The highest BCUT2D eigenvalue weighted by atomic mass is 35.5. The summed E-state index contributed by atoms with van der Waals surface area (Å²) in [7, 11) is 0. The highest BCUT2D eigenvalue weighted by molar-refractivity contribution is 7.80. The predicted octanol–water partition coefficient (Wildman–Crippen LogP) is 4.91. The maximum absolute atomic E-state index is 13.7. The van der Waals surface area contributed by atoms with E-state index in [-0.39, 0.29) is 78.8 Å². The van der Waals surface area contributed by atoms with Gasteiger partial charge in [0.1, 0.15) is 11.4 Å². The number of ether oxygens (including phenoxy) is 1. The summed E-state index contributed by atoms with van der Waals surface area (Å²) in [5.74, 6) is -0.528. The maximum atomic E-state index is 13.7. The van der Waals surface area contributed by atoms with E-state index >= 15 is 0 Å². The number of aromatic nitrogens is 1. The molecule has 308 valence electrons. The third-order valence-electron chi connectivity index (χ3n) is 11.0. The summed E-state index contributed by atoms with van der Waals surface area (Å²) in [6, 6.07) is 7.69. The molecule has 4 fully saturated rings. The first kappa shape index (κ1) is 43.7. The second-order valence-electron chi connectivity index (χ2n) is 15.3. The molecule has 2 N–H and O–H groups in total. The van der Waals surface area contributed by atoms with Gasteiger partial charge >= 0.3 is 12.2 Å². The van der Waals surface area contributed by atoms with Crippen molar-refractivity contribution in [2.24, 2.45) is 0 Å². The number of nitriles is 1. The van der Waals surface area contributed by atoms with Gasteiger partial charge in [0.15, 0.2) is 5.11 Å². The van der Waals surface area contributed by atoms with E-state index in [4.69, 9.17) is 17.0 Å². The number of carbonyl (C=O) groups excluding carboxylic acids is 4. The molecular formula is C38H47ClF3N9O5S. The van der Waals surface area contributed by atoms with Crippen LogP contribution < -0.4 is 20.4 Å². The molecule has 1 aliphatic carbocycles. The van der Waals surface area contributed by atoms with Gasteiger partial charge in [-0.1, -0.05) is 0 Å². The number of pyridine rings is 1. The summed E-state index contributed by atoms with van der Waals surface area (Å²) in [4.78, 5) is 63.3. The van der Waals surface area contributed by atoms with Crippen molar-refractivity contribution < 1.29 is 37.1 Å². The van der Waals surface area contributed by atoms with E-state index in [2.05, 4.69) is 39.3 Å². The molecule has 2 aromatic rings. The maximum Gasteiger partial charge on any atom is 0.417 e. The van der Waals surface area contributed by atoms with Crippen molar-refractivity contribution in [1.29, 1.82) is 5.26 Å². The van der Waals surface area contributed by atoms with Gasteiger partial charge in [-0.05, 0) is 95.9 Å². The van der Waals surface area contributed by atoms with Crippen molar-refractivity contribution >= 4 is 70.7 Å². The minimum absolute atomic E-state index is 0. The molecule has 3 saturated heterocycles. The lowest BCUT2D eigenvalue weighted by Gasteiger charge is -2.44. The van der Waals surface area contributed by atoms with Crippen LogP contribution in [0.4, 0.5) is 35.2 Å². The van der Waals surface area contributed by atoms with Crippen molar-refractivity contribution in [3.63, 3.8) is 0 Å². The fraction of sp³-hybridized carbons (Fsp3) is 0.553. The third-order valence-corrected chi connectivity index (χ3v) is 11.4. The number of piperazine rings is 1. The Balaban J connectivity index is 0.00000620. The van der Waals surface area contributed by atoms with Gasteiger partial charge in [0.2, 0.25) is 11.8 Å². The number of imide groups is 1. The summed E-state index contributed by atoms with van der Waals surface area (Å²) >= 11 is 5.73. The molecule has 1 saturated carbocycles. The van der Waals surface area contributed by atoms with Crippen LogP contribution in [0.3, 0.4) is 0 Å². The molecule has 0 spiro atoms. The van der Waals surface area contributed by atoms with E-state index in [0.29, 0.717) is 31.0 Å². The lowest BCUT2D eigenvalue weighted by Crippen LogP contribution is -2.58. The lowest BCUT2D eigenvalue weighted by molar-refractivity contribution is -0.137. The quantitative estimate of drug-likeness (QED) is 0.314. The number of amides is 5. The van der Waals surface area contributed by atoms with Gasteiger partial charge in [0.05, 0.1) is 54.0 Å². The zero-order chi connectivity index (χ0) is 40.5. The summed E-state index contributed by atoms with van der Waals surface area (Å²) in [6.07, 6.45) is -0.183. The Hall–Kier alpha value is -4.41. The molecule has 14 nitrogen and oxygen atoms in total. The predicted molar refractivity (Wildman–Crippen MR) is 212 cm³/mol. The van der Waals surface area contributed by atoms with Gasteiger partial charge in [-0.15, -0.1) is 12.4 Å². The van der Waals surface area contributed by atoms with Crippen LogP contribution in [0.2, 0.25) is 0 Å². The molecule has 4 aliphatic rings. The Labute approximate surface area is 341 Å². The van der Waals surface area contributed by atoms with Crippen molar-refractivity contribution in [3.05, 3.63) is 47.7 Å². The number of carbonyl (C=O) groups is 4. The van der Waals surface area contributed by atoms with Gasteiger partial charge in [-0.2, -0.15) is 18.4 Å². The smallest absolute Gasteiger partial charge is 0.377 e. The SMILES string of the molecule is C[C@@H]1CN(CCO[C@H]2CC[C@H](N3C(=S)N(c4ccc(C#N)c(C(F)(F)F)c4)C(=O)C3(C)C)CC2)C[C@H](C)N1CC(=O)Nc1ccc(N2CCC(=O)NC2=O)nc1.Cl. The molecule has 0 bridgehead atoms. The number of rotatable bonds is 10. The summed E-state index contributed by atoms with van der Waals surface area (Å²) in [6.45, 7) is 10.9. The molecule has 2 atom stereocenters. The van der Waals surface area contributed by atoms with E-state index in [1.807, 2.05) is 4.90 Å². The number of halogens is 4. The van der Waals surface area contributed by atoms with Crippen LogP contribution in [0.15, 0.2) is 36.5 Å². The Kier molecular flexibility index (Phi) is 13.5. The number of thiocarbonyl (C=S) groups is 1. The van der Waals surface area contributed by atoms with Crippen molar-refractivity contribution in [2.45, 2.75) is 95.7 Å². The second kappa shape index (κ2) is 17.6. The minimum Gasteiger partial charge on any atom is -0.377 e. The van der Waals surface area contributed by atoms with Crippen LogP contribution in [0, 0.1) is 11.3 Å². The van der Waals surface area contributed by atoms with Gasteiger partial charge in [-0.25, -0.2) is 9.78 Å². The number of urea groups is 1. The van der Waals surface area contributed by atoms with Crippen LogP contribution >= 0.6 is 24.6 Å². The fourth-order valence-electron chi connectivity index (χ4n) is 8.20. The van der Waals surface area contributed by atoms with Gasteiger partial charge in [0, 0.05) is 50.7 Å². The second-order valence-corrected chi connectivity index (χ2v) is 15.7. The summed E-state index contributed by atoms with van der Waals surface area (Å²) < 4.78 is 47.5. The molecule has 19 heteroatoms. The molecule has 57 heavy (non-hydrogen) atoms. The minimum atomic E-state index is -4.76. The normalized spacial score (nSPS) is 24.6. The zero-order valence-corrected chi connectivity index (χ0v) is 33.8. The third kappa shape index (κ3) is 9.50. The van der Waals surface area contributed by atoms with Crippen LogP contribution in [-0.4, -0.2) is 118 Å². The van der Waals surface area contributed by atoms with Gasteiger partial charge in [0.25, 0.3) is 5.91 Å². The Morgan fingerprint density at radius 2 is 1.77 bits per heavy atom. The van der Waals surface area contributed by atoms with E-state index in [1.54, 1.807) is 32.0 Å². The van der Waals surface area contributed by atoms with E-state index in [0.717, 1.165) is 49.5 Å². The molecule has 0 unspecified atom stereocenters. The number of nitrogens with one attached hydrogen (secondary N) is 2. The Morgan fingerprint density at radius 1 is 1.09 bits per heavy atom. The van der Waals surface area contributed by atoms with E-state index in [1.165, 1.54) is 17.2 Å². The highest BCUT2D eigenvalue weighted by Gasteiger charge is 2.52. The van der Waals surface area contributed by atoms with E-state index in [9.17, 15) is 37.6 Å². The molecule has 6 rings (SSSR count). The first-order valence-corrected chi connectivity index (χ1v) is 19.1. The average Bonchev–Trinajstić information content (AvgIpc) is 3.32. The van der Waals surface area contributed by atoms with Crippen molar-refractivity contribution in [1.82, 2.24) is 25.0 Å². The standard InChI is InChI=1S/C38H46F3N9O5S.ClH/c1-23-20-46(21-24(2)48(23)22-33(52)44-26-6-12-31(43-19-26)47-14-13-32(51)45-35(47)54)15-16-55-29-10-8-27(9-11-29)50-36(56)49(34(53)37(50,3)4)28-7-5-25(18-42)30(17-28)38(39,40)41;/h5-7,12,17,19,23-24,27,29H,8-11,13-16,20-22H2,1-4H3,(H,44,52)(H,45,51,54);1H/t23-,24+,27-,29-;. The molecule has 5 amide bonds. The zero-order valence-electron chi connectivity index (χ0n) is 32.2. The summed E-state index contributed by atoms with van der Waals surface area (Å²) in [5.41, 5.74) is -2.21. The van der Waals surface area contributed by atoms with Gasteiger partial charge < -0.3 is 15.0 Å². The number of benzene rings is 1. The van der Waals surface area contributed by atoms with E-state index < -0.39 is 34.8 Å². The molecule has 0 radical (unpaired) electrons. The topological polar surface area (TPSA) is 154 Å². The first-order valence-electron chi connectivity index (χ1n) is 18.7. The molecular weight excluding hydrogens is 787 g/mol.